The number of thioether (sulfide) groups is 1. The maximum atomic E-state index is 12.8. The van der Waals surface area contributed by atoms with Gasteiger partial charge in [-0.15, -0.1) is 11.8 Å². The van der Waals surface area contributed by atoms with Crippen LogP contribution in [0.3, 0.4) is 0 Å². The van der Waals surface area contributed by atoms with E-state index in [2.05, 4.69) is 9.55 Å². The minimum absolute atomic E-state index is 0.0728. The van der Waals surface area contributed by atoms with Crippen LogP contribution in [0.2, 0.25) is 0 Å². The highest BCUT2D eigenvalue weighted by atomic mass is 32.2. The Morgan fingerprint density at radius 3 is 2.88 bits per heavy atom. The van der Waals surface area contributed by atoms with Crippen molar-refractivity contribution >= 4 is 23.4 Å². The predicted octanol–water partition coefficient (Wildman–Crippen LogP) is 3.21. The SMILES string of the molecule is COc1ccc(N2CCCC(SCCCn3ccnc3)C2=O)cc1. The molecule has 1 amide bonds. The molecule has 1 aliphatic heterocycles. The topological polar surface area (TPSA) is 47.4 Å². The summed E-state index contributed by atoms with van der Waals surface area (Å²) in [6.45, 7) is 1.76. The van der Waals surface area contributed by atoms with Crippen LogP contribution in [0.15, 0.2) is 43.0 Å². The van der Waals surface area contributed by atoms with Crippen LogP contribution in [0.1, 0.15) is 19.3 Å². The molecule has 5 nitrogen and oxygen atoms in total. The molecule has 0 spiro atoms. The summed E-state index contributed by atoms with van der Waals surface area (Å²) in [6.07, 6.45) is 8.68. The fourth-order valence-corrected chi connectivity index (χ4v) is 4.09. The quantitative estimate of drug-likeness (QED) is 0.723. The zero-order chi connectivity index (χ0) is 16.8. The average molecular weight is 345 g/mol. The van der Waals surface area contributed by atoms with Crippen molar-refractivity contribution in [2.24, 2.45) is 0 Å². The Labute approximate surface area is 147 Å². The van der Waals surface area contributed by atoms with Crippen LogP contribution >= 0.6 is 11.8 Å². The molecule has 0 bridgehead atoms. The van der Waals surface area contributed by atoms with Gasteiger partial charge in [-0.05, 0) is 49.3 Å². The number of piperidine rings is 1. The van der Waals surface area contributed by atoms with E-state index >= 15 is 0 Å². The minimum atomic E-state index is 0.0728. The predicted molar refractivity (Wildman–Crippen MR) is 97.7 cm³/mol. The molecular weight excluding hydrogens is 322 g/mol. The van der Waals surface area contributed by atoms with Crippen LogP contribution in [0.25, 0.3) is 0 Å². The van der Waals surface area contributed by atoms with Gasteiger partial charge >= 0.3 is 0 Å². The first-order chi connectivity index (χ1) is 11.8. The van der Waals surface area contributed by atoms with Crippen LogP contribution in [0.5, 0.6) is 5.75 Å². The zero-order valence-electron chi connectivity index (χ0n) is 13.9. The molecule has 6 heteroatoms. The first-order valence-corrected chi connectivity index (χ1v) is 9.35. The molecule has 1 atom stereocenters. The van der Waals surface area contributed by atoms with E-state index in [-0.39, 0.29) is 11.2 Å². The molecule has 1 aromatic heterocycles. The molecule has 24 heavy (non-hydrogen) atoms. The van der Waals surface area contributed by atoms with Crippen LogP contribution in [-0.2, 0) is 11.3 Å². The van der Waals surface area contributed by atoms with E-state index in [0.717, 1.165) is 49.5 Å². The molecule has 1 saturated heterocycles. The minimum Gasteiger partial charge on any atom is -0.497 e. The number of hydrogen-bond donors (Lipinski definition) is 0. The van der Waals surface area contributed by atoms with E-state index in [1.54, 1.807) is 25.1 Å². The molecule has 1 aliphatic rings. The third-order valence-electron chi connectivity index (χ3n) is 4.21. The fourth-order valence-electron chi connectivity index (χ4n) is 2.91. The summed E-state index contributed by atoms with van der Waals surface area (Å²) in [5, 5.41) is 0.0728. The molecular formula is C18H23N3O2S. The summed E-state index contributed by atoms with van der Waals surface area (Å²) < 4.78 is 7.26. The summed E-state index contributed by atoms with van der Waals surface area (Å²) in [4.78, 5) is 18.7. The van der Waals surface area contributed by atoms with Crippen molar-refractivity contribution in [2.75, 3.05) is 24.3 Å². The molecule has 3 rings (SSSR count). The molecule has 1 aromatic carbocycles. The highest BCUT2D eigenvalue weighted by Crippen LogP contribution is 2.29. The largest absolute Gasteiger partial charge is 0.497 e. The Kier molecular flexibility index (Phi) is 5.80. The van der Waals surface area contributed by atoms with Gasteiger partial charge in [0.2, 0.25) is 5.91 Å². The number of nitrogens with zero attached hydrogens (tertiary/aromatic N) is 3. The third kappa shape index (κ3) is 4.12. The lowest BCUT2D eigenvalue weighted by molar-refractivity contribution is -0.119. The van der Waals surface area contributed by atoms with Crippen LogP contribution in [-0.4, -0.2) is 40.1 Å². The van der Waals surface area contributed by atoms with E-state index in [0.29, 0.717) is 0 Å². The summed E-state index contributed by atoms with van der Waals surface area (Å²) >= 11 is 1.78. The highest BCUT2D eigenvalue weighted by molar-refractivity contribution is 8.00. The molecule has 1 unspecified atom stereocenters. The van der Waals surface area contributed by atoms with Gasteiger partial charge in [0.05, 0.1) is 18.7 Å². The van der Waals surface area contributed by atoms with E-state index < -0.39 is 0 Å². The number of hydrogen-bond acceptors (Lipinski definition) is 4. The molecule has 2 heterocycles. The lowest BCUT2D eigenvalue weighted by atomic mass is 10.1. The van der Waals surface area contributed by atoms with Crippen LogP contribution in [0.4, 0.5) is 5.69 Å². The first-order valence-electron chi connectivity index (χ1n) is 8.30. The van der Waals surface area contributed by atoms with E-state index in [1.807, 2.05) is 41.7 Å². The molecule has 0 saturated carbocycles. The number of carbonyl (C=O) groups is 1. The zero-order valence-corrected chi connectivity index (χ0v) is 14.7. The highest BCUT2D eigenvalue weighted by Gasteiger charge is 2.29. The summed E-state index contributed by atoms with van der Waals surface area (Å²) in [5.74, 6) is 2.04. The van der Waals surface area contributed by atoms with Crippen molar-refractivity contribution in [3.8, 4) is 5.75 Å². The first kappa shape index (κ1) is 16.9. The Morgan fingerprint density at radius 1 is 1.33 bits per heavy atom. The third-order valence-corrected chi connectivity index (χ3v) is 5.58. The van der Waals surface area contributed by atoms with Gasteiger partial charge in [0.1, 0.15) is 5.75 Å². The maximum Gasteiger partial charge on any atom is 0.240 e. The molecule has 0 radical (unpaired) electrons. The lowest BCUT2D eigenvalue weighted by Crippen LogP contribution is -2.43. The fraction of sp³-hybridized carbons (Fsp3) is 0.444. The van der Waals surface area contributed by atoms with Gasteiger partial charge in [-0.1, -0.05) is 0 Å². The second kappa shape index (κ2) is 8.24. The van der Waals surface area contributed by atoms with Gasteiger partial charge in [-0.3, -0.25) is 4.79 Å². The molecule has 1 fully saturated rings. The van der Waals surface area contributed by atoms with Gasteiger partial charge < -0.3 is 14.2 Å². The Morgan fingerprint density at radius 2 is 2.17 bits per heavy atom. The number of rotatable bonds is 7. The Balaban J connectivity index is 1.52. The standard InChI is InChI=1S/C18H23N3O2S/c1-23-16-7-5-15(6-8-16)21-11-2-4-17(18(21)22)24-13-3-10-20-12-9-19-14-20/h5-9,12,14,17H,2-4,10-11,13H2,1H3. The van der Waals surface area contributed by atoms with Gasteiger partial charge in [-0.2, -0.15) is 0 Å². The monoisotopic (exact) mass is 345 g/mol. The normalized spacial score (nSPS) is 18.0. The second-order valence-electron chi connectivity index (χ2n) is 5.84. The number of aryl methyl sites for hydroxylation is 1. The van der Waals surface area contributed by atoms with Crippen molar-refractivity contribution in [1.29, 1.82) is 0 Å². The number of anilines is 1. The summed E-state index contributed by atoms with van der Waals surface area (Å²) in [6, 6.07) is 7.74. The Hall–Kier alpha value is -1.95. The van der Waals surface area contributed by atoms with Crippen LogP contribution < -0.4 is 9.64 Å². The number of benzene rings is 1. The van der Waals surface area contributed by atoms with Crippen molar-refractivity contribution < 1.29 is 9.53 Å². The number of aromatic nitrogens is 2. The van der Waals surface area contributed by atoms with Crippen LogP contribution in [0, 0.1) is 0 Å². The van der Waals surface area contributed by atoms with Crippen molar-refractivity contribution in [1.82, 2.24) is 9.55 Å². The van der Waals surface area contributed by atoms with Crippen molar-refractivity contribution in [3.05, 3.63) is 43.0 Å². The number of ether oxygens (including phenoxy) is 1. The number of amides is 1. The lowest BCUT2D eigenvalue weighted by Gasteiger charge is -2.32. The van der Waals surface area contributed by atoms with Gasteiger partial charge in [0.25, 0.3) is 0 Å². The van der Waals surface area contributed by atoms with Gasteiger partial charge in [0, 0.05) is 31.2 Å². The number of methoxy groups -OCH3 is 1. The number of imidazole rings is 1. The van der Waals surface area contributed by atoms with Crippen molar-refractivity contribution in [2.45, 2.75) is 31.1 Å². The molecule has 0 aliphatic carbocycles. The Bertz CT molecular complexity index is 643. The maximum absolute atomic E-state index is 12.8. The second-order valence-corrected chi connectivity index (χ2v) is 7.15. The van der Waals surface area contributed by atoms with Crippen molar-refractivity contribution in [3.63, 3.8) is 0 Å². The molecule has 0 N–H and O–H groups in total. The van der Waals surface area contributed by atoms with Gasteiger partial charge in [0.15, 0.2) is 0 Å². The van der Waals surface area contributed by atoms with E-state index in [1.165, 1.54) is 0 Å². The number of carbonyl (C=O) groups excluding carboxylic acids is 1. The molecule has 128 valence electrons. The summed E-state index contributed by atoms with van der Waals surface area (Å²) in [5.41, 5.74) is 0.963. The van der Waals surface area contributed by atoms with E-state index in [4.69, 9.17) is 4.74 Å². The van der Waals surface area contributed by atoms with E-state index in [9.17, 15) is 4.79 Å². The van der Waals surface area contributed by atoms with Gasteiger partial charge in [-0.25, -0.2) is 4.98 Å². The molecule has 2 aromatic rings. The smallest absolute Gasteiger partial charge is 0.240 e. The average Bonchev–Trinajstić information content (AvgIpc) is 3.13. The summed E-state index contributed by atoms with van der Waals surface area (Å²) in [7, 11) is 1.65.